The van der Waals surface area contributed by atoms with Crippen LogP contribution in [0.4, 0.5) is 5.69 Å². The number of hydrogen-bond donors (Lipinski definition) is 0. The summed E-state index contributed by atoms with van der Waals surface area (Å²) in [6.07, 6.45) is -0.585. The fraction of sp³-hybridized carbons (Fsp3) is 0.174. The van der Waals surface area contributed by atoms with Crippen molar-refractivity contribution in [2.75, 3.05) is 19.1 Å². The Labute approximate surface area is 164 Å². The van der Waals surface area contributed by atoms with Crippen molar-refractivity contribution in [3.05, 3.63) is 84.4 Å². The molecule has 5 heteroatoms. The van der Waals surface area contributed by atoms with Crippen LogP contribution >= 0.6 is 0 Å². The molecule has 142 valence electrons. The number of carbonyl (C=O) groups is 1. The largest absolute Gasteiger partial charge is 0.497 e. The molecular formula is C23H21NO4. The van der Waals surface area contributed by atoms with Crippen LogP contribution in [-0.2, 0) is 4.79 Å². The zero-order valence-electron chi connectivity index (χ0n) is 15.7. The van der Waals surface area contributed by atoms with Crippen molar-refractivity contribution in [2.24, 2.45) is 0 Å². The first-order valence-corrected chi connectivity index (χ1v) is 9.04. The van der Waals surface area contributed by atoms with Crippen molar-refractivity contribution in [3.8, 4) is 17.2 Å². The van der Waals surface area contributed by atoms with Gasteiger partial charge in [-0.05, 0) is 54.1 Å². The molecular weight excluding hydrogens is 354 g/mol. The van der Waals surface area contributed by atoms with E-state index in [0.29, 0.717) is 5.75 Å². The Balaban J connectivity index is 1.67. The molecule has 1 aliphatic rings. The molecule has 0 bridgehead atoms. The van der Waals surface area contributed by atoms with E-state index < -0.39 is 6.10 Å². The van der Waals surface area contributed by atoms with E-state index in [1.165, 1.54) is 0 Å². The van der Waals surface area contributed by atoms with Crippen LogP contribution in [0.25, 0.3) is 0 Å². The fourth-order valence-corrected chi connectivity index (χ4v) is 3.38. The van der Waals surface area contributed by atoms with Gasteiger partial charge >= 0.3 is 0 Å². The second kappa shape index (κ2) is 7.64. The van der Waals surface area contributed by atoms with E-state index in [0.717, 1.165) is 22.7 Å². The smallest absolute Gasteiger partial charge is 0.271 e. The zero-order valence-corrected chi connectivity index (χ0v) is 15.7. The number of benzene rings is 3. The molecule has 4 rings (SSSR count). The van der Waals surface area contributed by atoms with Crippen LogP contribution in [0.15, 0.2) is 78.9 Å². The van der Waals surface area contributed by atoms with Gasteiger partial charge in [0.05, 0.1) is 14.2 Å². The summed E-state index contributed by atoms with van der Waals surface area (Å²) in [5, 5.41) is 0. The van der Waals surface area contributed by atoms with Crippen molar-refractivity contribution in [1.29, 1.82) is 0 Å². The fourth-order valence-electron chi connectivity index (χ4n) is 3.38. The van der Waals surface area contributed by atoms with E-state index in [2.05, 4.69) is 0 Å². The van der Waals surface area contributed by atoms with Crippen LogP contribution in [-0.4, -0.2) is 26.2 Å². The van der Waals surface area contributed by atoms with Gasteiger partial charge in [-0.25, -0.2) is 0 Å². The highest BCUT2D eigenvalue weighted by Gasteiger charge is 2.51. The molecule has 0 spiro atoms. The number of carbonyl (C=O) groups excluding carboxylic acids is 1. The Kier molecular flexibility index (Phi) is 4.89. The first-order valence-electron chi connectivity index (χ1n) is 9.04. The van der Waals surface area contributed by atoms with Gasteiger partial charge in [-0.3, -0.25) is 9.69 Å². The molecule has 0 aliphatic carbocycles. The summed E-state index contributed by atoms with van der Waals surface area (Å²) in [6.45, 7) is 0. The number of β-lactam (4-membered cyclic amide) rings is 1. The average Bonchev–Trinajstić information content (AvgIpc) is 2.76. The minimum atomic E-state index is -0.585. The predicted molar refractivity (Wildman–Crippen MR) is 107 cm³/mol. The molecule has 1 aliphatic heterocycles. The van der Waals surface area contributed by atoms with E-state index in [1.54, 1.807) is 19.1 Å². The van der Waals surface area contributed by atoms with Crippen LogP contribution in [0.5, 0.6) is 17.2 Å². The third-order valence-corrected chi connectivity index (χ3v) is 4.86. The van der Waals surface area contributed by atoms with Crippen LogP contribution in [0, 0.1) is 0 Å². The molecule has 3 aromatic carbocycles. The molecule has 1 fully saturated rings. The Hall–Kier alpha value is -3.47. The highest BCUT2D eigenvalue weighted by molar-refractivity contribution is 6.05. The maximum Gasteiger partial charge on any atom is 0.271 e. The number of rotatable bonds is 6. The highest BCUT2D eigenvalue weighted by Crippen LogP contribution is 2.42. The van der Waals surface area contributed by atoms with Gasteiger partial charge in [-0.2, -0.15) is 0 Å². The van der Waals surface area contributed by atoms with E-state index in [1.807, 2.05) is 78.9 Å². The maximum atomic E-state index is 13.0. The number of hydrogen-bond acceptors (Lipinski definition) is 4. The minimum absolute atomic E-state index is 0.0742. The molecule has 0 unspecified atom stereocenters. The summed E-state index contributed by atoms with van der Waals surface area (Å²) in [5.74, 6) is 2.12. The summed E-state index contributed by atoms with van der Waals surface area (Å²) in [7, 11) is 3.25. The van der Waals surface area contributed by atoms with E-state index >= 15 is 0 Å². The summed E-state index contributed by atoms with van der Waals surface area (Å²) < 4.78 is 16.5. The molecule has 0 saturated carbocycles. The standard InChI is InChI=1S/C23H21NO4/c1-26-18-12-8-16(9-13-18)21-22(28-20-6-4-3-5-7-20)23(25)24(21)17-10-14-19(27-2)15-11-17/h3-15,21-22H,1-2H3/t21-,22+/m1/s1. The third-order valence-electron chi connectivity index (χ3n) is 4.86. The summed E-state index contributed by atoms with van der Waals surface area (Å²) in [5.41, 5.74) is 1.79. The van der Waals surface area contributed by atoms with Gasteiger partial charge in [0, 0.05) is 5.69 Å². The van der Waals surface area contributed by atoms with Crippen LogP contribution < -0.4 is 19.1 Å². The second-order valence-corrected chi connectivity index (χ2v) is 6.48. The van der Waals surface area contributed by atoms with Gasteiger partial charge in [0.2, 0.25) is 6.10 Å². The number of methoxy groups -OCH3 is 2. The first-order chi connectivity index (χ1) is 13.7. The zero-order chi connectivity index (χ0) is 19.5. The van der Waals surface area contributed by atoms with Crippen LogP contribution in [0.3, 0.4) is 0 Å². The molecule has 5 nitrogen and oxygen atoms in total. The molecule has 0 radical (unpaired) electrons. The SMILES string of the molecule is COc1ccc([C@@H]2[C@H](Oc3ccccc3)C(=O)N2c2ccc(OC)cc2)cc1. The highest BCUT2D eigenvalue weighted by atomic mass is 16.5. The first kappa shape index (κ1) is 17.9. The molecule has 2 atom stereocenters. The summed E-state index contributed by atoms with van der Waals surface area (Å²) >= 11 is 0. The Morgan fingerprint density at radius 3 is 1.86 bits per heavy atom. The molecule has 3 aromatic rings. The van der Waals surface area contributed by atoms with E-state index in [-0.39, 0.29) is 11.9 Å². The number of para-hydroxylation sites is 1. The number of amides is 1. The second-order valence-electron chi connectivity index (χ2n) is 6.48. The van der Waals surface area contributed by atoms with Gasteiger partial charge in [-0.1, -0.05) is 30.3 Å². The molecule has 0 N–H and O–H groups in total. The minimum Gasteiger partial charge on any atom is -0.497 e. The maximum absolute atomic E-state index is 13.0. The lowest BCUT2D eigenvalue weighted by atomic mass is 9.89. The van der Waals surface area contributed by atoms with Crippen molar-refractivity contribution in [3.63, 3.8) is 0 Å². The van der Waals surface area contributed by atoms with Crippen LogP contribution in [0.2, 0.25) is 0 Å². The molecule has 1 saturated heterocycles. The van der Waals surface area contributed by atoms with Gasteiger partial charge < -0.3 is 14.2 Å². The van der Waals surface area contributed by atoms with Gasteiger partial charge in [0.1, 0.15) is 23.3 Å². The Bertz CT molecular complexity index is 939. The quantitative estimate of drug-likeness (QED) is 0.605. The number of ether oxygens (including phenoxy) is 3. The predicted octanol–water partition coefficient (Wildman–Crippen LogP) is 4.24. The van der Waals surface area contributed by atoms with Crippen molar-refractivity contribution in [1.82, 2.24) is 0 Å². The van der Waals surface area contributed by atoms with Gasteiger partial charge in [-0.15, -0.1) is 0 Å². The number of nitrogens with zero attached hydrogens (tertiary/aromatic N) is 1. The van der Waals surface area contributed by atoms with Gasteiger partial charge in [0.25, 0.3) is 5.91 Å². The summed E-state index contributed by atoms with van der Waals surface area (Å²) in [6, 6.07) is 24.4. The average molecular weight is 375 g/mol. The summed E-state index contributed by atoms with van der Waals surface area (Å²) in [4.78, 5) is 14.7. The lowest BCUT2D eigenvalue weighted by Gasteiger charge is -2.46. The molecule has 0 aromatic heterocycles. The van der Waals surface area contributed by atoms with Crippen molar-refractivity contribution in [2.45, 2.75) is 12.1 Å². The normalized spacial score (nSPS) is 18.4. The lowest BCUT2D eigenvalue weighted by molar-refractivity contribution is -0.135. The van der Waals surface area contributed by atoms with Gasteiger partial charge in [0.15, 0.2) is 0 Å². The van der Waals surface area contributed by atoms with Crippen molar-refractivity contribution >= 4 is 11.6 Å². The molecule has 1 amide bonds. The van der Waals surface area contributed by atoms with E-state index in [4.69, 9.17) is 14.2 Å². The topological polar surface area (TPSA) is 48.0 Å². The molecule has 1 heterocycles. The Morgan fingerprint density at radius 2 is 1.29 bits per heavy atom. The van der Waals surface area contributed by atoms with Crippen molar-refractivity contribution < 1.29 is 19.0 Å². The third kappa shape index (κ3) is 3.27. The monoisotopic (exact) mass is 375 g/mol. The molecule has 28 heavy (non-hydrogen) atoms. The Morgan fingerprint density at radius 1 is 0.714 bits per heavy atom. The lowest BCUT2D eigenvalue weighted by Crippen LogP contribution is -2.61. The number of anilines is 1. The van der Waals surface area contributed by atoms with Crippen LogP contribution in [0.1, 0.15) is 11.6 Å². The van der Waals surface area contributed by atoms with E-state index in [9.17, 15) is 4.79 Å².